The largest absolute Gasteiger partial charge is 0.391 e. The number of hydrogen-bond acceptors (Lipinski definition) is 7. The van der Waals surface area contributed by atoms with Crippen LogP contribution in [0.15, 0.2) is 38.8 Å². The molecule has 2 aromatic heterocycles. The number of fused-ring (bicyclic) bond motifs is 2. The Morgan fingerprint density at radius 1 is 1.23 bits per heavy atom. The van der Waals surface area contributed by atoms with Crippen molar-refractivity contribution in [2.24, 2.45) is 10.7 Å². The molecular formula is C16H14N6O4. The van der Waals surface area contributed by atoms with Crippen molar-refractivity contribution >= 4 is 29.0 Å². The number of rotatable bonds is 4. The molecule has 5 N–H and O–H groups in total. The number of aromatic nitrogens is 4. The molecule has 0 fully saturated rings. The smallest absolute Gasteiger partial charge is 0.330 e. The van der Waals surface area contributed by atoms with Crippen molar-refractivity contribution in [2.45, 2.75) is 18.4 Å². The topological polar surface area (TPSA) is 159 Å². The number of aliphatic imine (C=N–C) groups is 1. The molecule has 2 atom stereocenters. The number of nitrogens with two attached hydrogens (primary N) is 1. The Morgan fingerprint density at radius 3 is 2.88 bits per heavy atom. The van der Waals surface area contributed by atoms with Crippen LogP contribution in [0.1, 0.15) is 17.9 Å². The maximum absolute atomic E-state index is 12.2. The van der Waals surface area contributed by atoms with E-state index in [2.05, 4.69) is 19.9 Å². The summed E-state index contributed by atoms with van der Waals surface area (Å²) in [7, 11) is 0. The van der Waals surface area contributed by atoms with E-state index in [1.165, 1.54) is 0 Å². The van der Waals surface area contributed by atoms with Crippen LogP contribution < -0.4 is 21.7 Å². The molecular weight excluding hydrogens is 340 g/mol. The highest BCUT2D eigenvalue weighted by molar-refractivity contribution is 5.83. The molecule has 1 aromatic carbocycles. The maximum Gasteiger partial charge on any atom is 0.330 e. The Labute approximate surface area is 145 Å². The zero-order valence-corrected chi connectivity index (χ0v) is 13.4. The maximum atomic E-state index is 12.2. The van der Waals surface area contributed by atoms with Crippen LogP contribution in [0, 0.1) is 0 Å². The summed E-state index contributed by atoms with van der Waals surface area (Å²) in [4.78, 5) is 50.2. The van der Waals surface area contributed by atoms with Crippen LogP contribution in [0.3, 0.4) is 0 Å². The van der Waals surface area contributed by atoms with Gasteiger partial charge in [0.05, 0.1) is 5.69 Å². The van der Waals surface area contributed by atoms with E-state index in [9.17, 15) is 14.4 Å². The first-order chi connectivity index (χ1) is 12.5. The minimum absolute atomic E-state index is 0.00201. The van der Waals surface area contributed by atoms with Crippen LogP contribution in [0.5, 0.6) is 6.01 Å². The fourth-order valence-electron chi connectivity index (χ4n) is 2.86. The van der Waals surface area contributed by atoms with Gasteiger partial charge in [0.1, 0.15) is 6.04 Å². The van der Waals surface area contributed by atoms with Crippen molar-refractivity contribution in [3.8, 4) is 6.01 Å². The lowest BCUT2D eigenvalue weighted by Crippen LogP contribution is -2.36. The van der Waals surface area contributed by atoms with Gasteiger partial charge in [0.2, 0.25) is 0 Å². The first-order valence-corrected chi connectivity index (χ1v) is 7.84. The molecule has 4 rings (SSSR count). The average molecular weight is 354 g/mol. The molecule has 0 bridgehead atoms. The lowest BCUT2D eigenvalue weighted by atomic mass is 9.94. The number of ether oxygens (including phenoxy) is 1. The molecule has 0 amide bonds. The summed E-state index contributed by atoms with van der Waals surface area (Å²) in [5.74, 6) is -0.788. The van der Waals surface area contributed by atoms with E-state index in [1.54, 1.807) is 6.21 Å². The van der Waals surface area contributed by atoms with Gasteiger partial charge in [0.15, 0.2) is 11.2 Å². The van der Waals surface area contributed by atoms with E-state index in [1.807, 2.05) is 29.2 Å². The molecule has 0 radical (unpaired) electrons. The number of benzene rings is 1. The number of nitrogens with zero attached hydrogens (tertiary/aromatic N) is 2. The van der Waals surface area contributed by atoms with E-state index < -0.39 is 23.3 Å². The summed E-state index contributed by atoms with van der Waals surface area (Å²) >= 11 is 0. The molecule has 0 saturated heterocycles. The number of carbonyl (C=O) groups excluding carboxylic acids is 1. The second-order valence-electron chi connectivity index (χ2n) is 5.88. The van der Waals surface area contributed by atoms with Crippen LogP contribution in [-0.2, 0) is 4.79 Å². The third-order valence-corrected chi connectivity index (χ3v) is 4.11. The summed E-state index contributed by atoms with van der Waals surface area (Å²) in [6.07, 6.45) is 2.07. The molecule has 10 heteroatoms. The second kappa shape index (κ2) is 6.08. The van der Waals surface area contributed by atoms with Crippen molar-refractivity contribution in [1.82, 2.24) is 19.9 Å². The summed E-state index contributed by atoms with van der Waals surface area (Å²) in [5.41, 5.74) is 6.43. The molecule has 2 unspecified atom stereocenters. The summed E-state index contributed by atoms with van der Waals surface area (Å²) in [5, 5.41) is 0. The van der Waals surface area contributed by atoms with Crippen LogP contribution in [0.4, 0.5) is 5.69 Å². The predicted octanol–water partition coefficient (Wildman–Crippen LogP) is 0.0620. The van der Waals surface area contributed by atoms with Gasteiger partial charge in [-0.3, -0.25) is 19.8 Å². The molecule has 3 heterocycles. The zero-order valence-electron chi connectivity index (χ0n) is 13.4. The molecule has 3 aromatic rings. The molecule has 1 aliphatic heterocycles. The van der Waals surface area contributed by atoms with Gasteiger partial charge in [-0.1, -0.05) is 18.2 Å². The van der Waals surface area contributed by atoms with Gasteiger partial charge >= 0.3 is 17.7 Å². The fraction of sp³-hybridized carbons (Fsp3) is 0.188. The Bertz CT molecular complexity index is 1140. The van der Waals surface area contributed by atoms with Gasteiger partial charge in [-0.15, -0.1) is 0 Å². The van der Waals surface area contributed by atoms with Crippen LogP contribution >= 0.6 is 0 Å². The Morgan fingerprint density at radius 2 is 2.04 bits per heavy atom. The number of aromatic amines is 3. The molecule has 132 valence electrons. The molecule has 10 nitrogen and oxygen atoms in total. The third-order valence-electron chi connectivity index (χ3n) is 4.11. The number of nitrogens with one attached hydrogen (secondary N) is 3. The summed E-state index contributed by atoms with van der Waals surface area (Å²) in [6, 6.07) is 6.49. The van der Waals surface area contributed by atoms with Gasteiger partial charge < -0.3 is 15.5 Å². The lowest BCUT2D eigenvalue weighted by molar-refractivity contribution is -0.136. The van der Waals surface area contributed by atoms with E-state index in [0.29, 0.717) is 6.42 Å². The van der Waals surface area contributed by atoms with Gasteiger partial charge in [0, 0.05) is 12.1 Å². The minimum Gasteiger partial charge on any atom is -0.391 e. The number of H-pyrrole nitrogens is 3. The first-order valence-electron chi connectivity index (χ1n) is 7.84. The van der Waals surface area contributed by atoms with Crippen molar-refractivity contribution in [3.05, 3.63) is 50.7 Å². The normalized spacial score (nSPS) is 16.6. The Balaban J connectivity index is 1.48. The molecule has 0 saturated carbocycles. The molecule has 1 aliphatic rings. The van der Waals surface area contributed by atoms with Crippen LogP contribution in [-0.4, -0.2) is 38.2 Å². The van der Waals surface area contributed by atoms with Gasteiger partial charge in [0.25, 0.3) is 5.56 Å². The van der Waals surface area contributed by atoms with Gasteiger partial charge in [-0.2, -0.15) is 4.98 Å². The highest BCUT2D eigenvalue weighted by Crippen LogP contribution is 2.34. The van der Waals surface area contributed by atoms with E-state index >= 15 is 0 Å². The van der Waals surface area contributed by atoms with Crippen molar-refractivity contribution < 1.29 is 9.53 Å². The quantitative estimate of drug-likeness (QED) is 0.485. The SMILES string of the molecule is NC(CC1C=Nc2ccccc21)C(=O)Oc1nc2[nH]c(=O)[nH]c(=O)c2[nH]1. The monoisotopic (exact) mass is 354 g/mol. The van der Waals surface area contributed by atoms with Crippen molar-refractivity contribution in [1.29, 1.82) is 0 Å². The first kappa shape index (κ1) is 16.0. The number of imidazole rings is 1. The minimum atomic E-state index is -0.914. The predicted molar refractivity (Wildman–Crippen MR) is 92.9 cm³/mol. The van der Waals surface area contributed by atoms with E-state index in [0.717, 1.165) is 11.3 Å². The molecule has 26 heavy (non-hydrogen) atoms. The number of hydrogen-bond donors (Lipinski definition) is 4. The Kier molecular flexibility index (Phi) is 3.73. The third kappa shape index (κ3) is 2.82. The zero-order chi connectivity index (χ0) is 18.3. The van der Waals surface area contributed by atoms with Crippen LogP contribution in [0.25, 0.3) is 11.2 Å². The van der Waals surface area contributed by atoms with Gasteiger partial charge in [-0.25, -0.2) is 9.59 Å². The Hall–Kier alpha value is -3.53. The van der Waals surface area contributed by atoms with Crippen molar-refractivity contribution in [2.75, 3.05) is 0 Å². The number of carbonyl (C=O) groups is 1. The fourth-order valence-corrected chi connectivity index (χ4v) is 2.86. The lowest BCUT2D eigenvalue weighted by Gasteiger charge is -2.14. The van der Waals surface area contributed by atoms with E-state index in [4.69, 9.17) is 10.5 Å². The number of para-hydroxylation sites is 1. The number of esters is 1. The molecule has 0 aliphatic carbocycles. The standard InChI is InChI=1S/C16H14N6O4/c17-9(5-7-6-18-10-4-2-1-3-8(7)10)14(24)26-16-19-11-12(21-16)20-15(25)22-13(11)23/h1-4,6-7,9H,5,17H2,(H3,19,20,21,22,23,25). The summed E-state index contributed by atoms with van der Waals surface area (Å²) < 4.78 is 5.10. The highest BCUT2D eigenvalue weighted by atomic mass is 16.5. The average Bonchev–Trinajstić information content (AvgIpc) is 3.19. The van der Waals surface area contributed by atoms with Gasteiger partial charge in [-0.05, 0) is 18.1 Å². The second-order valence-corrected chi connectivity index (χ2v) is 5.88. The van der Waals surface area contributed by atoms with Crippen molar-refractivity contribution in [3.63, 3.8) is 0 Å². The molecule has 0 spiro atoms. The van der Waals surface area contributed by atoms with E-state index in [-0.39, 0.29) is 23.1 Å². The summed E-state index contributed by atoms with van der Waals surface area (Å²) in [6.45, 7) is 0. The highest BCUT2D eigenvalue weighted by Gasteiger charge is 2.26. The van der Waals surface area contributed by atoms with Crippen LogP contribution in [0.2, 0.25) is 0 Å².